The molecule has 0 aliphatic carbocycles. The number of aromatic nitrogens is 2. The molecule has 0 bridgehead atoms. The van der Waals surface area contributed by atoms with Crippen LogP contribution in [0.15, 0.2) is 53.6 Å². The van der Waals surface area contributed by atoms with Crippen LogP contribution in [0.3, 0.4) is 0 Å². The number of hydrogen-bond acceptors (Lipinski definition) is 5. The number of carbonyl (C=O) groups is 3. The van der Waals surface area contributed by atoms with E-state index in [-0.39, 0.29) is 6.54 Å². The molecule has 1 aromatic carbocycles. The predicted molar refractivity (Wildman–Crippen MR) is 130 cm³/mol. The molecule has 168 valence electrons. The van der Waals surface area contributed by atoms with Gasteiger partial charge >= 0.3 is 0 Å². The van der Waals surface area contributed by atoms with Gasteiger partial charge in [0.15, 0.2) is 0 Å². The van der Waals surface area contributed by atoms with Crippen molar-refractivity contribution in [3.63, 3.8) is 0 Å². The minimum atomic E-state index is -0.468. The minimum absolute atomic E-state index is 0.293. The summed E-state index contributed by atoms with van der Waals surface area (Å²) in [5, 5.41) is 2.37. The summed E-state index contributed by atoms with van der Waals surface area (Å²) < 4.78 is 1.99. The summed E-state index contributed by atoms with van der Waals surface area (Å²) in [4.78, 5) is 43.7. The molecule has 0 saturated carbocycles. The van der Waals surface area contributed by atoms with E-state index >= 15 is 0 Å². The zero-order valence-corrected chi connectivity index (χ0v) is 19.7. The third-order valence-electron chi connectivity index (χ3n) is 5.56. The number of hydrogen-bond donors (Lipinski definition) is 1. The summed E-state index contributed by atoms with van der Waals surface area (Å²) in [6, 6.07) is 13.3. The van der Waals surface area contributed by atoms with Crippen molar-refractivity contribution in [2.24, 2.45) is 0 Å². The quantitative estimate of drug-likeness (QED) is 0.554. The lowest BCUT2D eigenvalue weighted by Crippen LogP contribution is -2.36. The molecule has 3 heterocycles. The molecule has 1 saturated heterocycles. The first-order valence-electron chi connectivity index (χ1n) is 10.5. The number of anilines is 1. The Balaban J connectivity index is 1.54. The van der Waals surface area contributed by atoms with Crippen LogP contribution in [-0.4, -0.2) is 38.0 Å². The maximum atomic E-state index is 12.9. The summed E-state index contributed by atoms with van der Waals surface area (Å²) >= 11 is 0.845. The lowest BCUT2D eigenvalue weighted by Gasteiger charge is -2.15. The molecule has 3 aromatic rings. The Kier molecular flexibility index (Phi) is 6.20. The number of nitrogens with one attached hydrogen (secondary N) is 1. The van der Waals surface area contributed by atoms with Crippen LogP contribution in [0, 0.1) is 27.7 Å². The monoisotopic (exact) mass is 460 g/mol. The number of benzene rings is 1. The molecule has 7 nitrogen and oxygen atoms in total. The Morgan fingerprint density at radius 3 is 2.45 bits per heavy atom. The second kappa shape index (κ2) is 9.07. The Hall–Kier alpha value is -3.65. The van der Waals surface area contributed by atoms with Gasteiger partial charge in [0.2, 0.25) is 5.91 Å². The number of carbonyl (C=O) groups excluding carboxylic acids is 3. The van der Waals surface area contributed by atoms with Crippen LogP contribution in [0.5, 0.6) is 0 Å². The van der Waals surface area contributed by atoms with Gasteiger partial charge < -0.3 is 9.88 Å². The van der Waals surface area contributed by atoms with Crippen molar-refractivity contribution in [1.82, 2.24) is 14.5 Å². The van der Waals surface area contributed by atoms with Gasteiger partial charge in [-0.3, -0.25) is 19.3 Å². The van der Waals surface area contributed by atoms with Gasteiger partial charge in [0.25, 0.3) is 11.1 Å². The van der Waals surface area contributed by atoms with Gasteiger partial charge in [-0.1, -0.05) is 24.3 Å². The molecule has 8 heteroatoms. The highest BCUT2D eigenvalue weighted by atomic mass is 32.2. The molecule has 0 spiro atoms. The molecule has 0 unspecified atom stereocenters. The first-order chi connectivity index (χ1) is 15.8. The molecule has 2 aromatic heterocycles. The Morgan fingerprint density at radius 1 is 1.06 bits per heavy atom. The van der Waals surface area contributed by atoms with Crippen LogP contribution in [0.1, 0.15) is 28.1 Å². The van der Waals surface area contributed by atoms with Crippen molar-refractivity contribution in [3.05, 3.63) is 81.6 Å². The molecule has 0 atom stereocenters. The van der Waals surface area contributed by atoms with E-state index in [1.54, 1.807) is 12.3 Å². The molecule has 3 amide bonds. The second-order valence-corrected chi connectivity index (χ2v) is 8.93. The molecule has 1 aliphatic heterocycles. The second-order valence-electron chi connectivity index (χ2n) is 7.93. The number of nitrogens with zero attached hydrogens (tertiary/aromatic N) is 3. The lowest BCUT2D eigenvalue weighted by molar-refractivity contribution is -0.127. The number of pyridine rings is 1. The number of aryl methyl sites for hydroxylation is 3. The number of amides is 3. The minimum Gasteiger partial charge on any atom is -0.324 e. The van der Waals surface area contributed by atoms with Crippen molar-refractivity contribution in [2.75, 3.05) is 11.9 Å². The SMILES string of the molecule is Cc1cccc(C)c1NC(=O)CN1C(=O)SC(=Cc2cc(C)n(-c3ccccn3)c2C)C1=O. The van der Waals surface area contributed by atoms with Crippen molar-refractivity contribution < 1.29 is 14.4 Å². The average Bonchev–Trinajstić information content (AvgIpc) is 3.20. The van der Waals surface area contributed by atoms with Crippen molar-refractivity contribution in [3.8, 4) is 5.82 Å². The summed E-state index contributed by atoms with van der Waals surface area (Å²) in [7, 11) is 0. The van der Waals surface area contributed by atoms with E-state index in [0.29, 0.717) is 10.6 Å². The standard InChI is InChI=1S/C25H24N4O3S/c1-15-8-7-9-16(2)23(15)27-22(30)14-28-24(31)20(33-25(28)32)13-19-12-17(3)29(18(19)4)21-10-5-6-11-26-21/h5-13H,14H2,1-4H3,(H,27,30). The molecule has 1 aliphatic rings. The number of thioether (sulfide) groups is 1. The van der Waals surface area contributed by atoms with Gasteiger partial charge in [0.05, 0.1) is 4.91 Å². The Morgan fingerprint density at radius 2 is 1.79 bits per heavy atom. The van der Waals surface area contributed by atoms with E-state index in [0.717, 1.165) is 50.6 Å². The van der Waals surface area contributed by atoms with Gasteiger partial charge in [0.1, 0.15) is 12.4 Å². The van der Waals surface area contributed by atoms with Crippen LogP contribution in [-0.2, 0) is 9.59 Å². The van der Waals surface area contributed by atoms with Crippen LogP contribution in [0.4, 0.5) is 10.5 Å². The fraction of sp³-hybridized carbons (Fsp3) is 0.200. The fourth-order valence-corrected chi connectivity index (χ4v) is 4.71. The first-order valence-corrected chi connectivity index (χ1v) is 11.3. The van der Waals surface area contributed by atoms with E-state index in [9.17, 15) is 14.4 Å². The predicted octanol–water partition coefficient (Wildman–Crippen LogP) is 4.78. The van der Waals surface area contributed by atoms with Gasteiger partial charge in [-0.05, 0) is 80.4 Å². The summed E-state index contributed by atoms with van der Waals surface area (Å²) in [5.74, 6) is -0.100. The zero-order chi connectivity index (χ0) is 23.7. The molecule has 0 radical (unpaired) electrons. The first kappa shape index (κ1) is 22.5. The van der Waals surface area contributed by atoms with E-state index in [1.807, 2.05) is 74.7 Å². The largest absolute Gasteiger partial charge is 0.324 e. The van der Waals surface area contributed by atoms with Crippen LogP contribution >= 0.6 is 11.8 Å². The summed E-state index contributed by atoms with van der Waals surface area (Å²) in [6.07, 6.45) is 3.43. The van der Waals surface area contributed by atoms with Crippen molar-refractivity contribution >= 4 is 40.6 Å². The molecule has 1 N–H and O–H groups in total. The summed E-state index contributed by atoms with van der Waals surface area (Å²) in [6.45, 7) is 7.36. The zero-order valence-electron chi connectivity index (χ0n) is 18.9. The van der Waals surface area contributed by atoms with Crippen LogP contribution in [0.25, 0.3) is 11.9 Å². The molecule has 4 rings (SSSR count). The number of imide groups is 1. The highest BCUT2D eigenvalue weighted by Crippen LogP contribution is 2.33. The average molecular weight is 461 g/mol. The van der Waals surface area contributed by atoms with Gasteiger partial charge in [-0.15, -0.1) is 0 Å². The van der Waals surface area contributed by atoms with Crippen molar-refractivity contribution in [2.45, 2.75) is 27.7 Å². The van der Waals surface area contributed by atoms with E-state index in [1.165, 1.54) is 0 Å². The Labute approximate surface area is 196 Å². The third-order valence-corrected chi connectivity index (χ3v) is 6.46. The topological polar surface area (TPSA) is 84.3 Å². The third kappa shape index (κ3) is 4.47. The van der Waals surface area contributed by atoms with Crippen LogP contribution in [0.2, 0.25) is 0 Å². The van der Waals surface area contributed by atoms with E-state index < -0.39 is 17.1 Å². The highest BCUT2D eigenvalue weighted by molar-refractivity contribution is 8.18. The fourth-order valence-electron chi connectivity index (χ4n) is 3.88. The molecular weight excluding hydrogens is 436 g/mol. The highest BCUT2D eigenvalue weighted by Gasteiger charge is 2.36. The van der Waals surface area contributed by atoms with Gasteiger partial charge in [-0.25, -0.2) is 4.98 Å². The maximum absolute atomic E-state index is 12.9. The van der Waals surface area contributed by atoms with Crippen LogP contribution < -0.4 is 5.32 Å². The number of para-hydroxylation sites is 1. The molecule has 1 fully saturated rings. The normalized spacial score (nSPS) is 14.9. The molecule has 33 heavy (non-hydrogen) atoms. The smallest absolute Gasteiger partial charge is 0.294 e. The maximum Gasteiger partial charge on any atom is 0.294 e. The Bertz CT molecular complexity index is 1270. The van der Waals surface area contributed by atoms with E-state index in [4.69, 9.17) is 0 Å². The van der Waals surface area contributed by atoms with Crippen molar-refractivity contribution in [1.29, 1.82) is 0 Å². The lowest BCUT2D eigenvalue weighted by atomic mass is 10.1. The number of rotatable bonds is 5. The van der Waals surface area contributed by atoms with Gasteiger partial charge in [-0.2, -0.15) is 0 Å². The summed E-state index contributed by atoms with van der Waals surface area (Å²) in [5.41, 5.74) is 5.23. The molecular formula is C25H24N4O3S. The van der Waals surface area contributed by atoms with E-state index in [2.05, 4.69) is 10.3 Å². The van der Waals surface area contributed by atoms with Gasteiger partial charge in [0, 0.05) is 23.3 Å².